The molecule has 0 saturated carbocycles. The van der Waals surface area contributed by atoms with Crippen molar-refractivity contribution in [3.63, 3.8) is 0 Å². The number of hydrogen-bond acceptors (Lipinski definition) is 3. The standard InChI is InChI=1S/C14H21NO2/c1-10-8-11(2)14(13(15)9-10)17-7-5-12-4-3-6-16-12/h8-9,12H,3-7,15H2,1-2H3. The van der Waals surface area contributed by atoms with Crippen molar-refractivity contribution in [2.45, 2.75) is 39.2 Å². The molecule has 1 fully saturated rings. The fraction of sp³-hybridized carbons (Fsp3) is 0.571. The molecule has 17 heavy (non-hydrogen) atoms. The minimum atomic E-state index is 0.377. The highest BCUT2D eigenvalue weighted by atomic mass is 16.5. The van der Waals surface area contributed by atoms with Gasteiger partial charge in [-0.1, -0.05) is 6.07 Å². The number of rotatable bonds is 4. The Hall–Kier alpha value is -1.22. The summed E-state index contributed by atoms with van der Waals surface area (Å²) >= 11 is 0. The van der Waals surface area contributed by atoms with Crippen LogP contribution < -0.4 is 10.5 Å². The Kier molecular flexibility index (Phi) is 3.89. The van der Waals surface area contributed by atoms with E-state index < -0.39 is 0 Å². The molecule has 0 bridgehead atoms. The number of benzene rings is 1. The first-order chi connectivity index (χ1) is 8.16. The first-order valence-corrected chi connectivity index (χ1v) is 6.28. The van der Waals surface area contributed by atoms with Gasteiger partial charge in [0.2, 0.25) is 0 Å². The van der Waals surface area contributed by atoms with E-state index in [0.29, 0.717) is 12.7 Å². The Labute approximate surface area is 103 Å². The van der Waals surface area contributed by atoms with Crippen molar-refractivity contribution in [3.05, 3.63) is 23.3 Å². The molecule has 0 aliphatic carbocycles. The molecule has 2 N–H and O–H groups in total. The van der Waals surface area contributed by atoms with Gasteiger partial charge in [0.15, 0.2) is 0 Å². The SMILES string of the molecule is Cc1cc(C)c(OCCC2CCCO2)c(N)c1. The molecule has 1 saturated heterocycles. The molecule has 2 rings (SSSR count). The molecule has 1 atom stereocenters. The summed E-state index contributed by atoms with van der Waals surface area (Å²) in [6.07, 6.45) is 3.66. The van der Waals surface area contributed by atoms with E-state index >= 15 is 0 Å². The Morgan fingerprint density at radius 3 is 2.88 bits per heavy atom. The zero-order chi connectivity index (χ0) is 12.3. The van der Waals surface area contributed by atoms with Crippen molar-refractivity contribution < 1.29 is 9.47 Å². The quantitative estimate of drug-likeness (QED) is 0.816. The topological polar surface area (TPSA) is 44.5 Å². The summed E-state index contributed by atoms with van der Waals surface area (Å²) in [5.41, 5.74) is 8.97. The van der Waals surface area contributed by atoms with Gasteiger partial charge in [-0.15, -0.1) is 0 Å². The lowest BCUT2D eigenvalue weighted by Gasteiger charge is -2.14. The smallest absolute Gasteiger partial charge is 0.145 e. The Morgan fingerprint density at radius 2 is 2.24 bits per heavy atom. The van der Waals surface area contributed by atoms with Crippen LogP contribution in [0.25, 0.3) is 0 Å². The number of ether oxygens (including phenoxy) is 2. The van der Waals surface area contributed by atoms with Crippen LogP contribution in [0.1, 0.15) is 30.4 Å². The number of nitrogen functional groups attached to an aromatic ring is 1. The minimum absolute atomic E-state index is 0.377. The van der Waals surface area contributed by atoms with E-state index in [1.165, 1.54) is 12.0 Å². The number of hydrogen-bond donors (Lipinski definition) is 1. The Balaban J connectivity index is 1.89. The normalized spacial score (nSPS) is 19.5. The van der Waals surface area contributed by atoms with Crippen LogP contribution in [0.5, 0.6) is 5.75 Å². The summed E-state index contributed by atoms with van der Waals surface area (Å²) in [5.74, 6) is 0.827. The summed E-state index contributed by atoms with van der Waals surface area (Å²) in [4.78, 5) is 0. The van der Waals surface area contributed by atoms with Crippen molar-refractivity contribution >= 4 is 5.69 Å². The highest BCUT2D eigenvalue weighted by molar-refractivity contribution is 5.58. The van der Waals surface area contributed by atoms with Crippen molar-refractivity contribution in [2.75, 3.05) is 18.9 Å². The maximum Gasteiger partial charge on any atom is 0.145 e. The van der Waals surface area contributed by atoms with E-state index in [-0.39, 0.29) is 0 Å². The predicted octanol–water partition coefficient (Wildman–Crippen LogP) is 2.83. The second-order valence-corrected chi connectivity index (χ2v) is 4.77. The molecule has 0 aromatic heterocycles. The van der Waals surface area contributed by atoms with E-state index in [1.807, 2.05) is 19.9 Å². The van der Waals surface area contributed by atoms with Gasteiger partial charge >= 0.3 is 0 Å². The predicted molar refractivity (Wildman–Crippen MR) is 69.4 cm³/mol. The lowest BCUT2D eigenvalue weighted by Crippen LogP contribution is -2.11. The van der Waals surface area contributed by atoms with Crippen LogP contribution in [-0.4, -0.2) is 19.3 Å². The molecule has 1 unspecified atom stereocenters. The van der Waals surface area contributed by atoms with E-state index in [9.17, 15) is 0 Å². The van der Waals surface area contributed by atoms with Crippen molar-refractivity contribution in [1.82, 2.24) is 0 Å². The molecule has 1 aliphatic rings. The van der Waals surface area contributed by atoms with Crippen molar-refractivity contribution in [1.29, 1.82) is 0 Å². The van der Waals surface area contributed by atoms with Gasteiger partial charge in [0.05, 0.1) is 18.4 Å². The molecule has 0 amide bonds. The second-order valence-electron chi connectivity index (χ2n) is 4.77. The van der Waals surface area contributed by atoms with Gasteiger partial charge in [0.1, 0.15) is 5.75 Å². The summed E-state index contributed by atoms with van der Waals surface area (Å²) in [7, 11) is 0. The van der Waals surface area contributed by atoms with Gasteiger partial charge in [-0.25, -0.2) is 0 Å². The van der Waals surface area contributed by atoms with Crippen LogP contribution in [0, 0.1) is 13.8 Å². The molecule has 0 spiro atoms. The molecule has 94 valence electrons. The third kappa shape index (κ3) is 3.13. The van der Waals surface area contributed by atoms with Gasteiger partial charge in [-0.2, -0.15) is 0 Å². The molecular formula is C14H21NO2. The summed E-state index contributed by atoms with van der Waals surface area (Å²) < 4.78 is 11.3. The second kappa shape index (κ2) is 5.41. The lowest BCUT2D eigenvalue weighted by atomic mass is 10.1. The molecule has 3 heteroatoms. The van der Waals surface area contributed by atoms with Gasteiger partial charge in [-0.05, 0) is 43.9 Å². The average Bonchev–Trinajstić information content (AvgIpc) is 2.74. The Bertz CT molecular complexity index is 361. The number of nitrogens with two attached hydrogens (primary N) is 1. The van der Waals surface area contributed by atoms with E-state index in [2.05, 4.69) is 6.07 Å². The van der Waals surface area contributed by atoms with Gasteiger partial charge in [0, 0.05) is 13.0 Å². The minimum Gasteiger partial charge on any atom is -0.491 e. The van der Waals surface area contributed by atoms with Crippen LogP contribution in [0.4, 0.5) is 5.69 Å². The zero-order valence-corrected chi connectivity index (χ0v) is 10.7. The highest BCUT2D eigenvalue weighted by Crippen LogP contribution is 2.28. The van der Waals surface area contributed by atoms with Crippen LogP contribution in [-0.2, 0) is 4.74 Å². The first kappa shape index (κ1) is 12.2. The monoisotopic (exact) mass is 235 g/mol. The van der Waals surface area contributed by atoms with Crippen LogP contribution in [0.15, 0.2) is 12.1 Å². The third-order valence-electron chi connectivity index (χ3n) is 3.16. The molecule has 3 nitrogen and oxygen atoms in total. The fourth-order valence-electron chi connectivity index (χ4n) is 2.35. The summed E-state index contributed by atoms with van der Waals surface area (Å²) in [6, 6.07) is 4.05. The van der Waals surface area contributed by atoms with Gasteiger partial charge in [0.25, 0.3) is 0 Å². The lowest BCUT2D eigenvalue weighted by molar-refractivity contribution is 0.0903. The number of anilines is 1. The summed E-state index contributed by atoms with van der Waals surface area (Å²) in [5, 5.41) is 0. The molecule has 0 radical (unpaired) electrons. The highest BCUT2D eigenvalue weighted by Gasteiger charge is 2.15. The largest absolute Gasteiger partial charge is 0.491 e. The van der Waals surface area contributed by atoms with Crippen LogP contribution in [0.2, 0.25) is 0 Å². The molecular weight excluding hydrogens is 214 g/mol. The maximum absolute atomic E-state index is 5.96. The first-order valence-electron chi connectivity index (χ1n) is 6.28. The van der Waals surface area contributed by atoms with Crippen LogP contribution >= 0.6 is 0 Å². The average molecular weight is 235 g/mol. The molecule has 1 aliphatic heterocycles. The summed E-state index contributed by atoms with van der Waals surface area (Å²) in [6.45, 7) is 5.65. The third-order valence-corrected chi connectivity index (χ3v) is 3.16. The van der Waals surface area contributed by atoms with E-state index in [1.54, 1.807) is 0 Å². The maximum atomic E-state index is 5.96. The fourth-order valence-corrected chi connectivity index (χ4v) is 2.35. The molecule has 1 heterocycles. The number of aryl methyl sites for hydroxylation is 2. The van der Waals surface area contributed by atoms with E-state index in [0.717, 1.165) is 36.4 Å². The zero-order valence-electron chi connectivity index (χ0n) is 10.7. The molecule has 1 aromatic rings. The van der Waals surface area contributed by atoms with Crippen molar-refractivity contribution in [3.8, 4) is 5.75 Å². The Morgan fingerprint density at radius 1 is 1.41 bits per heavy atom. The van der Waals surface area contributed by atoms with Crippen molar-refractivity contribution in [2.24, 2.45) is 0 Å². The molecule has 1 aromatic carbocycles. The van der Waals surface area contributed by atoms with E-state index in [4.69, 9.17) is 15.2 Å². The van der Waals surface area contributed by atoms with Gasteiger partial charge in [-0.3, -0.25) is 0 Å². The van der Waals surface area contributed by atoms with Crippen LogP contribution in [0.3, 0.4) is 0 Å². The van der Waals surface area contributed by atoms with Gasteiger partial charge < -0.3 is 15.2 Å².